The van der Waals surface area contributed by atoms with Gasteiger partial charge in [-0.1, -0.05) is 18.2 Å². The van der Waals surface area contributed by atoms with Crippen LogP contribution in [0.1, 0.15) is 16.7 Å². The zero-order valence-electron chi connectivity index (χ0n) is 8.18. The van der Waals surface area contributed by atoms with Crippen LogP contribution in [0.15, 0.2) is 18.2 Å². The van der Waals surface area contributed by atoms with Crippen molar-refractivity contribution >= 4 is 5.78 Å². The molecule has 0 spiro atoms. The third-order valence-corrected chi connectivity index (χ3v) is 2.19. The number of ketones is 1. The molecule has 0 aliphatic heterocycles. The summed E-state index contributed by atoms with van der Waals surface area (Å²) >= 11 is 0. The van der Waals surface area contributed by atoms with Gasteiger partial charge in [-0.05, 0) is 30.5 Å². The number of Topliss-reactive ketones (excluding diaryl/α,β-unsaturated/α-hetero) is 1. The summed E-state index contributed by atoms with van der Waals surface area (Å²) in [6.07, 6.45) is -3.05. The van der Waals surface area contributed by atoms with Crippen LogP contribution in [0.5, 0.6) is 0 Å². The van der Waals surface area contributed by atoms with E-state index in [-0.39, 0.29) is 6.42 Å². The number of hydrogen-bond acceptors (Lipinski definition) is 1. The summed E-state index contributed by atoms with van der Waals surface area (Å²) in [6, 6.07) is 5.32. The van der Waals surface area contributed by atoms with Crippen LogP contribution in [0.4, 0.5) is 8.78 Å². The van der Waals surface area contributed by atoms with Gasteiger partial charge in [0.1, 0.15) is 0 Å². The SMILES string of the molecule is Cc1ccc(CC(=O)C(F)F)cc1C. The van der Waals surface area contributed by atoms with Crippen LogP contribution in [-0.4, -0.2) is 12.2 Å². The molecule has 3 heteroatoms. The maximum Gasteiger partial charge on any atom is 0.296 e. The van der Waals surface area contributed by atoms with E-state index >= 15 is 0 Å². The fourth-order valence-electron chi connectivity index (χ4n) is 1.19. The average molecular weight is 198 g/mol. The minimum absolute atomic E-state index is 0.182. The molecule has 0 saturated carbocycles. The molecule has 76 valence electrons. The van der Waals surface area contributed by atoms with Crippen molar-refractivity contribution in [2.75, 3.05) is 0 Å². The van der Waals surface area contributed by atoms with E-state index in [1.54, 1.807) is 12.1 Å². The van der Waals surface area contributed by atoms with Crippen molar-refractivity contribution in [1.82, 2.24) is 0 Å². The van der Waals surface area contributed by atoms with Crippen LogP contribution >= 0.6 is 0 Å². The van der Waals surface area contributed by atoms with E-state index in [0.29, 0.717) is 5.56 Å². The topological polar surface area (TPSA) is 17.1 Å². The van der Waals surface area contributed by atoms with Crippen LogP contribution in [0.25, 0.3) is 0 Å². The first-order valence-corrected chi connectivity index (χ1v) is 4.37. The normalized spacial score (nSPS) is 10.6. The zero-order valence-corrected chi connectivity index (χ0v) is 8.18. The van der Waals surface area contributed by atoms with Gasteiger partial charge in [-0.2, -0.15) is 0 Å². The molecule has 1 nitrogen and oxygen atoms in total. The highest BCUT2D eigenvalue weighted by molar-refractivity contribution is 5.83. The molecule has 0 bridgehead atoms. The highest BCUT2D eigenvalue weighted by Gasteiger charge is 2.15. The first-order chi connectivity index (χ1) is 6.50. The van der Waals surface area contributed by atoms with Gasteiger partial charge in [0.25, 0.3) is 6.43 Å². The highest BCUT2D eigenvalue weighted by Crippen LogP contribution is 2.11. The lowest BCUT2D eigenvalue weighted by Crippen LogP contribution is -2.12. The molecule has 0 aromatic heterocycles. The van der Waals surface area contributed by atoms with Gasteiger partial charge in [-0.3, -0.25) is 4.79 Å². The number of carbonyl (C=O) groups is 1. The van der Waals surface area contributed by atoms with Gasteiger partial charge in [-0.15, -0.1) is 0 Å². The van der Waals surface area contributed by atoms with Gasteiger partial charge in [0.05, 0.1) is 0 Å². The molecule has 1 rings (SSSR count). The monoisotopic (exact) mass is 198 g/mol. The molecule has 0 saturated heterocycles. The Morgan fingerprint density at radius 2 is 1.93 bits per heavy atom. The van der Waals surface area contributed by atoms with E-state index in [2.05, 4.69) is 0 Å². The predicted molar refractivity (Wildman–Crippen MR) is 50.6 cm³/mol. The zero-order chi connectivity index (χ0) is 10.7. The molecule has 0 unspecified atom stereocenters. The van der Waals surface area contributed by atoms with E-state index in [1.807, 2.05) is 19.9 Å². The van der Waals surface area contributed by atoms with Gasteiger partial charge in [0.15, 0.2) is 0 Å². The fourth-order valence-corrected chi connectivity index (χ4v) is 1.19. The lowest BCUT2D eigenvalue weighted by molar-refractivity contribution is -0.128. The molecular formula is C11H12F2O. The fraction of sp³-hybridized carbons (Fsp3) is 0.364. The van der Waals surface area contributed by atoms with Gasteiger partial charge in [0.2, 0.25) is 5.78 Å². The Hall–Kier alpha value is -1.25. The third kappa shape index (κ3) is 2.62. The standard InChI is InChI=1S/C11H12F2O/c1-7-3-4-9(5-8(7)2)6-10(14)11(12)13/h3-5,11H,6H2,1-2H3. The largest absolute Gasteiger partial charge is 0.296 e. The van der Waals surface area contributed by atoms with Crippen molar-refractivity contribution in [1.29, 1.82) is 0 Å². The summed E-state index contributed by atoms with van der Waals surface area (Å²) in [5.74, 6) is -1.02. The van der Waals surface area contributed by atoms with E-state index in [0.717, 1.165) is 11.1 Å². The predicted octanol–water partition coefficient (Wildman–Crippen LogP) is 2.68. The number of rotatable bonds is 3. The van der Waals surface area contributed by atoms with Crippen molar-refractivity contribution < 1.29 is 13.6 Å². The Labute approximate surface area is 81.7 Å². The lowest BCUT2D eigenvalue weighted by Gasteiger charge is -2.04. The van der Waals surface area contributed by atoms with E-state index in [1.165, 1.54) is 0 Å². The highest BCUT2D eigenvalue weighted by atomic mass is 19.3. The lowest BCUT2D eigenvalue weighted by atomic mass is 10.0. The molecule has 0 aliphatic carbocycles. The Bertz CT molecular complexity index is 345. The Morgan fingerprint density at radius 3 is 2.43 bits per heavy atom. The molecule has 0 fully saturated rings. The number of benzene rings is 1. The smallest absolute Gasteiger partial charge is 0.293 e. The van der Waals surface area contributed by atoms with E-state index < -0.39 is 12.2 Å². The number of alkyl halides is 2. The second-order valence-electron chi connectivity index (χ2n) is 3.36. The minimum Gasteiger partial charge on any atom is -0.293 e. The van der Waals surface area contributed by atoms with Crippen molar-refractivity contribution in [2.45, 2.75) is 26.7 Å². The molecule has 1 aromatic carbocycles. The summed E-state index contributed by atoms with van der Waals surface area (Å²) < 4.78 is 23.9. The number of halogens is 2. The minimum atomic E-state index is -2.86. The maximum absolute atomic E-state index is 11.9. The summed E-state index contributed by atoms with van der Waals surface area (Å²) in [6.45, 7) is 3.83. The molecule has 0 radical (unpaired) electrons. The second kappa shape index (κ2) is 4.31. The van der Waals surface area contributed by atoms with E-state index in [4.69, 9.17) is 0 Å². The van der Waals surface area contributed by atoms with Crippen LogP contribution in [0.2, 0.25) is 0 Å². The third-order valence-electron chi connectivity index (χ3n) is 2.19. The average Bonchev–Trinajstić information content (AvgIpc) is 2.11. The quantitative estimate of drug-likeness (QED) is 0.729. The summed E-state index contributed by atoms with van der Waals surface area (Å²) in [5.41, 5.74) is 2.77. The maximum atomic E-state index is 11.9. The van der Waals surface area contributed by atoms with Crippen molar-refractivity contribution in [3.05, 3.63) is 34.9 Å². The molecule has 14 heavy (non-hydrogen) atoms. The van der Waals surface area contributed by atoms with Crippen molar-refractivity contribution in [2.24, 2.45) is 0 Å². The van der Waals surface area contributed by atoms with Crippen LogP contribution < -0.4 is 0 Å². The summed E-state index contributed by atoms with van der Waals surface area (Å²) in [4.78, 5) is 10.8. The number of hydrogen-bond donors (Lipinski definition) is 0. The molecule has 0 amide bonds. The van der Waals surface area contributed by atoms with E-state index in [9.17, 15) is 13.6 Å². The number of aryl methyl sites for hydroxylation is 2. The van der Waals surface area contributed by atoms with Crippen LogP contribution in [-0.2, 0) is 11.2 Å². The molecule has 1 aromatic rings. The van der Waals surface area contributed by atoms with Crippen LogP contribution in [0, 0.1) is 13.8 Å². The van der Waals surface area contributed by atoms with Gasteiger partial charge in [-0.25, -0.2) is 8.78 Å². The Balaban J connectivity index is 2.78. The van der Waals surface area contributed by atoms with Gasteiger partial charge < -0.3 is 0 Å². The molecule has 0 aliphatic rings. The van der Waals surface area contributed by atoms with Gasteiger partial charge >= 0.3 is 0 Å². The van der Waals surface area contributed by atoms with Crippen LogP contribution in [0.3, 0.4) is 0 Å². The van der Waals surface area contributed by atoms with Crippen molar-refractivity contribution in [3.63, 3.8) is 0 Å². The first kappa shape index (κ1) is 10.8. The Morgan fingerprint density at radius 1 is 1.29 bits per heavy atom. The molecule has 0 atom stereocenters. The summed E-state index contributed by atoms with van der Waals surface area (Å²) in [7, 11) is 0. The van der Waals surface area contributed by atoms with Gasteiger partial charge in [0, 0.05) is 6.42 Å². The molecular weight excluding hydrogens is 186 g/mol. The molecule has 0 N–H and O–H groups in total. The first-order valence-electron chi connectivity index (χ1n) is 4.37. The number of carbonyl (C=O) groups excluding carboxylic acids is 1. The second-order valence-corrected chi connectivity index (χ2v) is 3.36. The molecule has 0 heterocycles. The summed E-state index contributed by atoms with van der Waals surface area (Å²) in [5, 5.41) is 0. The Kier molecular flexibility index (Phi) is 3.33. The van der Waals surface area contributed by atoms with Crippen molar-refractivity contribution in [3.8, 4) is 0 Å².